The van der Waals surface area contributed by atoms with Gasteiger partial charge in [-0.25, -0.2) is 0 Å². The molecule has 2 aromatic carbocycles. The van der Waals surface area contributed by atoms with E-state index in [4.69, 9.17) is 0 Å². The summed E-state index contributed by atoms with van der Waals surface area (Å²) in [6, 6.07) is 10.5. The molecule has 2 aromatic heterocycles. The summed E-state index contributed by atoms with van der Waals surface area (Å²) in [5.41, 5.74) is 2.55. The summed E-state index contributed by atoms with van der Waals surface area (Å²) in [4.78, 5) is 44.3. The summed E-state index contributed by atoms with van der Waals surface area (Å²) >= 11 is 0. The zero-order valence-electron chi connectivity index (χ0n) is 12.6. The molecule has 0 aliphatic carbocycles. The molecule has 6 heteroatoms. The third kappa shape index (κ3) is 1.38. The van der Waals surface area contributed by atoms with Crippen LogP contribution < -0.4 is 5.56 Å². The number of nitrogens with one attached hydrogen (secondary N) is 2. The number of rotatable bonds is 0. The quantitative estimate of drug-likeness (QED) is 0.488. The number of benzene rings is 2. The highest BCUT2D eigenvalue weighted by molar-refractivity contribution is 6.36. The smallest absolute Gasteiger partial charge is 0.262 e. The van der Waals surface area contributed by atoms with Crippen LogP contribution in [0.15, 0.2) is 41.2 Å². The SMILES string of the molecule is CN1C(=O)c2c(c3c4ccccc4[nH]c3c3[nH]c(=O)ccc23)C1=O. The van der Waals surface area contributed by atoms with Crippen molar-refractivity contribution in [1.29, 1.82) is 0 Å². The van der Waals surface area contributed by atoms with Crippen LogP contribution in [0.4, 0.5) is 0 Å². The molecule has 0 saturated heterocycles. The molecular weight excluding hydrogens is 306 g/mol. The Kier molecular flexibility index (Phi) is 2.24. The van der Waals surface area contributed by atoms with Crippen molar-refractivity contribution in [1.82, 2.24) is 14.9 Å². The molecular formula is C18H11N3O3. The Morgan fingerprint density at radius 3 is 2.38 bits per heavy atom. The molecule has 1 aliphatic heterocycles. The zero-order chi connectivity index (χ0) is 16.6. The van der Waals surface area contributed by atoms with Crippen molar-refractivity contribution in [2.24, 2.45) is 0 Å². The van der Waals surface area contributed by atoms with Crippen molar-refractivity contribution in [2.75, 3.05) is 7.05 Å². The molecule has 3 heterocycles. The lowest BCUT2D eigenvalue weighted by Gasteiger charge is -2.05. The molecule has 0 atom stereocenters. The number of aromatic amines is 2. The maximum atomic E-state index is 12.7. The van der Waals surface area contributed by atoms with Crippen molar-refractivity contribution in [2.45, 2.75) is 0 Å². The van der Waals surface area contributed by atoms with Crippen LogP contribution in [-0.2, 0) is 0 Å². The van der Waals surface area contributed by atoms with Crippen molar-refractivity contribution >= 4 is 44.5 Å². The van der Waals surface area contributed by atoms with Gasteiger partial charge in [-0.15, -0.1) is 0 Å². The summed E-state index contributed by atoms with van der Waals surface area (Å²) in [7, 11) is 1.48. The van der Waals surface area contributed by atoms with Gasteiger partial charge in [0.05, 0.1) is 22.2 Å². The maximum Gasteiger partial charge on any atom is 0.262 e. The van der Waals surface area contributed by atoms with E-state index in [1.165, 1.54) is 13.1 Å². The topological polar surface area (TPSA) is 86.0 Å². The third-order valence-electron chi connectivity index (χ3n) is 4.68. The Hall–Kier alpha value is -3.41. The van der Waals surface area contributed by atoms with Crippen LogP contribution in [0.2, 0.25) is 0 Å². The summed E-state index contributed by atoms with van der Waals surface area (Å²) < 4.78 is 0. The number of nitrogens with zero attached hydrogens (tertiary/aromatic N) is 1. The fourth-order valence-electron chi connectivity index (χ4n) is 3.59. The molecule has 0 unspecified atom stereocenters. The van der Waals surface area contributed by atoms with E-state index in [0.717, 1.165) is 15.8 Å². The lowest BCUT2D eigenvalue weighted by Crippen LogP contribution is -2.24. The first-order valence-corrected chi connectivity index (χ1v) is 7.49. The minimum absolute atomic E-state index is 0.257. The number of carbonyl (C=O) groups is 2. The standard InChI is InChI=1S/C18H11N3O3/c1-21-17(23)13-9-6-7-11(22)20-15(9)16-12(14(13)18(21)24)8-4-2-3-5-10(8)19-16/h2-7,19H,1H3,(H,20,22). The van der Waals surface area contributed by atoms with Crippen molar-refractivity contribution in [3.63, 3.8) is 0 Å². The lowest BCUT2D eigenvalue weighted by atomic mass is 9.97. The molecule has 0 spiro atoms. The number of fused-ring (bicyclic) bond motifs is 8. The zero-order valence-corrected chi connectivity index (χ0v) is 12.6. The average Bonchev–Trinajstić information content (AvgIpc) is 3.07. The number of H-pyrrole nitrogens is 2. The number of pyridine rings is 1. The van der Waals surface area contributed by atoms with Crippen LogP contribution in [0, 0.1) is 0 Å². The van der Waals surface area contributed by atoms with Crippen LogP contribution in [0.3, 0.4) is 0 Å². The molecule has 2 N–H and O–H groups in total. The Balaban J connectivity index is 2.19. The average molecular weight is 317 g/mol. The number of hydrogen-bond donors (Lipinski definition) is 2. The molecule has 24 heavy (non-hydrogen) atoms. The van der Waals surface area contributed by atoms with Gasteiger partial charge in [0.2, 0.25) is 5.56 Å². The van der Waals surface area contributed by atoms with E-state index in [1.807, 2.05) is 24.3 Å². The number of aromatic nitrogens is 2. The molecule has 1 aliphatic rings. The number of imide groups is 1. The highest BCUT2D eigenvalue weighted by atomic mass is 16.2. The van der Waals surface area contributed by atoms with Gasteiger partial charge in [0, 0.05) is 34.8 Å². The van der Waals surface area contributed by atoms with E-state index in [-0.39, 0.29) is 17.4 Å². The van der Waals surface area contributed by atoms with Crippen LogP contribution in [0.1, 0.15) is 20.7 Å². The predicted octanol–water partition coefficient (Wildman–Crippen LogP) is 2.39. The van der Waals surface area contributed by atoms with E-state index < -0.39 is 0 Å². The van der Waals surface area contributed by atoms with Crippen molar-refractivity contribution in [3.05, 3.63) is 57.9 Å². The number of hydrogen-bond acceptors (Lipinski definition) is 3. The highest BCUT2D eigenvalue weighted by Crippen LogP contribution is 2.39. The second kappa shape index (κ2) is 4.11. The number of amides is 2. The second-order valence-electron chi connectivity index (χ2n) is 5.95. The second-order valence-corrected chi connectivity index (χ2v) is 5.95. The molecule has 0 radical (unpaired) electrons. The first-order valence-electron chi connectivity index (χ1n) is 7.49. The molecule has 6 nitrogen and oxygen atoms in total. The molecule has 116 valence electrons. The molecule has 0 fully saturated rings. The van der Waals surface area contributed by atoms with Gasteiger partial charge in [-0.3, -0.25) is 19.3 Å². The molecule has 4 aromatic rings. The monoisotopic (exact) mass is 317 g/mol. The van der Waals surface area contributed by atoms with Gasteiger partial charge in [-0.1, -0.05) is 18.2 Å². The molecule has 0 bridgehead atoms. The summed E-state index contributed by atoms with van der Waals surface area (Å²) in [6.07, 6.45) is 0. The largest absolute Gasteiger partial charge is 0.353 e. The normalized spacial score (nSPS) is 14.3. The first kappa shape index (κ1) is 13.1. The Bertz CT molecular complexity index is 1280. The van der Waals surface area contributed by atoms with Gasteiger partial charge < -0.3 is 9.97 Å². The Labute approximate surface area is 134 Å². The fourth-order valence-corrected chi connectivity index (χ4v) is 3.59. The van der Waals surface area contributed by atoms with E-state index in [2.05, 4.69) is 9.97 Å². The third-order valence-corrected chi connectivity index (χ3v) is 4.68. The van der Waals surface area contributed by atoms with Gasteiger partial charge in [-0.05, 0) is 12.1 Å². The molecule has 0 saturated carbocycles. The lowest BCUT2D eigenvalue weighted by molar-refractivity contribution is 0.0694. The van der Waals surface area contributed by atoms with Crippen LogP contribution >= 0.6 is 0 Å². The summed E-state index contributed by atoms with van der Waals surface area (Å²) in [5, 5.41) is 2.11. The van der Waals surface area contributed by atoms with Gasteiger partial charge >= 0.3 is 0 Å². The van der Waals surface area contributed by atoms with Crippen molar-refractivity contribution < 1.29 is 9.59 Å². The van der Waals surface area contributed by atoms with Gasteiger partial charge in [0.1, 0.15) is 0 Å². The fraction of sp³-hybridized carbons (Fsp3) is 0.0556. The molecule has 2 amide bonds. The Morgan fingerprint density at radius 1 is 0.792 bits per heavy atom. The maximum absolute atomic E-state index is 12.7. The van der Waals surface area contributed by atoms with Gasteiger partial charge in [0.25, 0.3) is 11.8 Å². The van der Waals surface area contributed by atoms with E-state index in [9.17, 15) is 14.4 Å². The predicted molar refractivity (Wildman–Crippen MR) is 90.4 cm³/mol. The van der Waals surface area contributed by atoms with E-state index in [1.54, 1.807) is 6.07 Å². The van der Waals surface area contributed by atoms with Gasteiger partial charge in [-0.2, -0.15) is 0 Å². The van der Waals surface area contributed by atoms with E-state index >= 15 is 0 Å². The summed E-state index contributed by atoms with van der Waals surface area (Å²) in [6.45, 7) is 0. The van der Waals surface area contributed by atoms with Crippen LogP contribution in [-0.4, -0.2) is 33.7 Å². The van der Waals surface area contributed by atoms with Crippen LogP contribution in [0.25, 0.3) is 32.7 Å². The van der Waals surface area contributed by atoms with Crippen LogP contribution in [0.5, 0.6) is 0 Å². The highest BCUT2D eigenvalue weighted by Gasteiger charge is 2.37. The summed E-state index contributed by atoms with van der Waals surface area (Å²) in [5.74, 6) is -0.669. The van der Waals surface area contributed by atoms with E-state index in [0.29, 0.717) is 32.9 Å². The van der Waals surface area contributed by atoms with Gasteiger partial charge in [0.15, 0.2) is 0 Å². The van der Waals surface area contributed by atoms with Crippen molar-refractivity contribution in [3.8, 4) is 0 Å². The minimum Gasteiger partial charge on any atom is -0.353 e. The first-order chi connectivity index (χ1) is 11.6. The Morgan fingerprint density at radius 2 is 1.54 bits per heavy atom. The molecule has 5 rings (SSSR count). The minimum atomic E-state index is -0.348. The number of para-hydroxylation sites is 1. The number of carbonyl (C=O) groups excluding carboxylic acids is 2.